The van der Waals surface area contributed by atoms with Crippen molar-refractivity contribution in [1.82, 2.24) is 14.9 Å². The highest BCUT2D eigenvalue weighted by Crippen LogP contribution is 2.32. The van der Waals surface area contributed by atoms with Crippen LogP contribution < -0.4 is 5.84 Å². The molecule has 0 amide bonds. The first-order valence-electron chi connectivity index (χ1n) is 5.80. The minimum Gasteiger partial charge on any atom is -0.481 e. The Kier molecular flexibility index (Phi) is 4.07. The van der Waals surface area contributed by atoms with Gasteiger partial charge in [0.15, 0.2) is 5.82 Å². The van der Waals surface area contributed by atoms with E-state index in [1.165, 1.54) is 4.68 Å². The van der Waals surface area contributed by atoms with Gasteiger partial charge in [-0.05, 0) is 12.8 Å². The van der Waals surface area contributed by atoms with Crippen molar-refractivity contribution in [2.45, 2.75) is 36.9 Å². The van der Waals surface area contributed by atoms with E-state index in [0.29, 0.717) is 17.6 Å². The molecule has 0 spiro atoms. The Bertz CT molecular complexity index is 437. The van der Waals surface area contributed by atoms with Crippen molar-refractivity contribution in [1.29, 1.82) is 0 Å². The molecule has 2 heterocycles. The van der Waals surface area contributed by atoms with Gasteiger partial charge >= 0.3 is 5.97 Å². The molecule has 0 radical (unpaired) electrons. The van der Waals surface area contributed by atoms with Gasteiger partial charge in [0.2, 0.25) is 5.16 Å². The summed E-state index contributed by atoms with van der Waals surface area (Å²) in [6, 6.07) is 0. The SMILES string of the molecule is CCC1OCCC1c1nnc(SCC(=O)O)n1N. The highest BCUT2D eigenvalue weighted by molar-refractivity contribution is 7.99. The molecule has 0 bridgehead atoms. The van der Waals surface area contributed by atoms with Crippen LogP contribution in [0.25, 0.3) is 0 Å². The van der Waals surface area contributed by atoms with E-state index in [0.717, 1.165) is 24.6 Å². The summed E-state index contributed by atoms with van der Waals surface area (Å²) >= 11 is 1.07. The highest BCUT2D eigenvalue weighted by Gasteiger charge is 2.32. The van der Waals surface area contributed by atoms with Crippen LogP contribution in [0.4, 0.5) is 0 Å². The number of nitrogens with zero attached hydrogens (tertiary/aromatic N) is 3. The highest BCUT2D eigenvalue weighted by atomic mass is 32.2. The molecule has 2 rings (SSSR count). The lowest BCUT2D eigenvalue weighted by Crippen LogP contribution is -2.22. The van der Waals surface area contributed by atoms with Crippen LogP contribution in [-0.2, 0) is 9.53 Å². The van der Waals surface area contributed by atoms with Crippen molar-refractivity contribution in [3.63, 3.8) is 0 Å². The predicted molar refractivity (Wildman–Crippen MR) is 65.9 cm³/mol. The molecule has 0 saturated carbocycles. The average molecular weight is 272 g/mol. The Labute approximate surface area is 109 Å². The van der Waals surface area contributed by atoms with Gasteiger partial charge < -0.3 is 15.7 Å². The van der Waals surface area contributed by atoms with Gasteiger partial charge in [-0.1, -0.05) is 18.7 Å². The third-order valence-corrected chi connectivity index (χ3v) is 3.89. The van der Waals surface area contributed by atoms with Gasteiger partial charge in [-0.2, -0.15) is 0 Å². The first-order valence-corrected chi connectivity index (χ1v) is 6.78. The summed E-state index contributed by atoms with van der Waals surface area (Å²) < 4.78 is 6.98. The molecule has 100 valence electrons. The Hall–Kier alpha value is -1.28. The number of ether oxygens (including phenoxy) is 1. The van der Waals surface area contributed by atoms with Crippen LogP contribution in [0.3, 0.4) is 0 Å². The first kappa shape index (κ1) is 13.2. The molecule has 18 heavy (non-hydrogen) atoms. The molecule has 1 aromatic rings. The second-order valence-corrected chi connectivity index (χ2v) is 5.05. The van der Waals surface area contributed by atoms with Gasteiger partial charge in [0.25, 0.3) is 0 Å². The number of carboxylic acid groups (broad SMARTS) is 1. The number of hydrogen-bond acceptors (Lipinski definition) is 6. The van der Waals surface area contributed by atoms with Gasteiger partial charge in [-0.25, -0.2) is 4.68 Å². The maximum Gasteiger partial charge on any atom is 0.313 e. The Morgan fingerprint density at radius 3 is 3.11 bits per heavy atom. The molecule has 2 atom stereocenters. The third-order valence-electron chi connectivity index (χ3n) is 2.96. The molecule has 3 N–H and O–H groups in total. The van der Waals surface area contributed by atoms with Crippen LogP contribution in [0.5, 0.6) is 0 Å². The van der Waals surface area contributed by atoms with Crippen LogP contribution in [0.15, 0.2) is 5.16 Å². The molecule has 8 heteroatoms. The maximum atomic E-state index is 10.5. The van der Waals surface area contributed by atoms with E-state index in [2.05, 4.69) is 17.1 Å². The molecule has 0 aliphatic carbocycles. The van der Waals surface area contributed by atoms with Crippen molar-refractivity contribution in [3.8, 4) is 0 Å². The quantitative estimate of drug-likeness (QED) is 0.592. The number of carboxylic acids is 1. The van der Waals surface area contributed by atoms with Crippen molar-refractivity contribution in [2.24, 2.45) is 0 Å². The summed E-state index contributed by atoms with van der Waals surface area (Å²) in [6.45, 7) is 2.76. The zero-order chi connectivity index (χ0) is 13.1. The monoisotopic (exact) mass is 272 g/mol. The fourth-order valence-corrected chi connectivity index (χ4v) is 2.70. The fourth-order valence-electron chi connectivity index (χ4n) is 2.11. The predicted octanol–water partition coefficient (Wildman–Crippen LogP) is 0.451. The Morgan fingerprint density at radius 2 is 2.44 bits per heavy atom. The number of carbonyl (C=O) groups is 1. The second kappa shape index (κ2) is 5.57. The molecule has 1 aliphatic heterocycles. The van der Waals surface area contributed by atoms with E-state index in [9.17, 15) is 4.79 Å². The normalized spacial score (nSPS) is 23.4. The van der Waals surface area contributed by atoms with Gasteiger partial charge in [-0.3, -0.25) is 4.79 Å². The van der Waals surface area contributed by atoms with E-state index < -0.39 is 5.97 Å². The Balaban J connectivity index is 2.12. The molecule has 1 aliphatic rings. The van der Waals surface area contributed by atoms with E-state index in [-0.39, 0.29) is 17.8 Å². The zero-order valence-electron chi connectivity index (χ0n) is 10.1. The topological polar surface area (TPSA) is 103 Å². The summed E-state index contributed by atoms with van der Waals surface area (Å²) in [6.07, 6.45) is 1.89. The van der Waals surface area contributed by atoms with Crippen molar-refractivity contribution in [3.05, 3.63) is 5.82 Å². The molecular weight excluding hydrogens is 256 g/mol. The summed E-state index contributed by atoms with van der Waals surface area (Å²) in [5, 5.41) is 17.1. The number of nitrogens with two attached hydrogens (primary N) is 1. The van der Waals surface area contributed by atoms with Gasteiger partial charge in [0.1, 0.15) is 0 Å². The fraction of sp³-hybridized carbons (Fsp3) is 0.700. The number of nitrogen functional groups attached to an aromatic ring is 1. The standard InChI is InChI=1S/C10H16N4O3S/c1-2-7-6(3-4-17-7)9-12-13-10(14(9)11)18-5-8(15)16/h6-7H,2-5,11H2,1H3,(H,15,16). The van der Waals surface area contributed by atoms with Crippen molar-refractivity contribution < 1.29 is 14.6 Å². The number of hydrogen-bond donors (Lipinski definition) is 2. The molecule has 7 nitrogen and oxygen atoms in total. The van der Waals surface area contributed by atoms with Crippen molar-refractivity contribution >= 4 is 17.7 Å². The van der Waals surface area contributed by atoms with Crippen LogP contribution in [0, 0.1) is 0 Å². The molecule has 1 fully saturated rings. The summed E-state index contributed by atoms with van der Waals surface area (Å²) in [5.41, 5.74) is 0. The molecule has 2 unspecified atom stereocenters. The lowest BCUT2D eigenvalue weighted by Gasteiger charge is -2.15. The van der Waals surface area contributed by atoms with E-state index in [1.54, 1.807) is 0 Å². The van der Waals surface area contributed by atoms with Crippen LogP contribution >= 0.6 is 11.8 Å². The summed E-state index contributed by atoms with van der Waals surface area (Å²) in [5.74, 6) is 5.75. The number of aromatic nitrogens is 3. The average Bonchev–Trinajstić information content (AvgIpc) is 2.92. The number of thioether (sulfide) groups is 1. The number of rotatable bonds is 5. The summed E-state index contributed by atoms with van der Waals surface area (Å²) in [4.78, 5) is 10.5. The lowest BCUT2D eigenvalue weighted by molar-refractivity contribution is -0.133. The van der Waals surface area contributed by atoms with Gasteiger partial charge in [-0.15, -0.1) is 10.2 Å². The zero-order valence-corrected chi connectivity index (χ0v) is 10.9. The minimum absolute atomic E-state index is 0.0757. The minimum atomic E-state index is -0.903. The van der Waals surface area contributed by atoms with Gasteiger partial charge in [0, 0.05) is 12.5 Å². The molecular formula is C10H16N4O3S. The molecule has 1 aromatic heterocycles. The van der Waals surface area contributed by atoms with Crippen LogP contribution in [0.2, 0.25) is 0 Å². The van der Waals surface area contributed by atoms with Crippen LogP contribution in [-0.4, -0.2) is 44.4 Å². The van der Waals surface area contributed by atoms with Crippen LogP contribution in [0.1, 0.15) is 31.5 Å². The van der Waals surface area contributed by atoms with E-state index >= 15 is 0 Å². The van der Waals surface area contributed by atoms with Crippen molar-refractivity contribution in [2.75, 3.05) is 18.2 Å². The smallest absolute Gasteiger partial charge is 0.313 e. The molecule has 0 aromatic carbocycles. The van der Waals surface area contributed by atoms with E-state index in [4.69, 9.17) is 15.7 Å². The molecule has 1 saturated heterocycles. The maximum absolute atomic E-state index is 10.5. The third kappa shape index (κ3) is 2.59. The second-order valence-electron chi connectivity index (χ2n) is 4.11. The number of aliphatic carboxylic acids is 1. The Morgan fingerprint density at radius 1 is 1.67 bits per heavy atom. The largest absolute Gasteiger partial charge is 0.481 e. The first-order chi connectivity index (χ1) is 8.63. The van der Waals surface area contributed by atoms with Gasteiger partial charge in [0.05, 0.1) is 11.9 Å². The summed E-state index contributed by atoms with van der Waals surface area (Å²) in [7, 11) is 0. The lowest BCUT2D eigenvalue weighted by atomic mass is 9.99. The van der Waals surface area contributed by atoms with E-state index in [1.807, 2.05) is 0 Å².